The molecule has 1 atom stereocenters. The van der Waals surface area contributed by atoms with Gasteiger partial charge in [-0.15, -0.1) is 0 Å². The molecule has 0 fully saturated rings. The lowest BCUT2D eigenvalue weighted by molar-refractivity contribution is 0.151. The minimum absolute atomic E-state index is 0.256. The second kappa shape index (κ2) is 9.43. The van der Waals surface area contributed by atoms with Crippen molar-refractivity contribution >= 4 is 21.9 Å². The average Bonchev–Trinajstić information content (AvgIpc) is 3.56. The van der Waals surface area contributed by atoms with E-state index in [9.17, 15) is 5.11 Å². The van der Waals surface area contributed by atoms with Crippen LogP contribution in [0.1, 0.15) is 54.1 Å². The standard InChI is InChI=1S/C30H32N8O/c1-17(2)28-20(5)38(26-13-22-14-36(6)35-30(22)32-19(26)4)34-29(28)23-8-7-9-25-24(23)15-37(33-25)16-27(39)21-10-11-31-18(3)12-21/h7-15,17,27,39H,16H2,1-6H3/t27-/m0/s1. The van der Waals surface area contributed by atoms with E-state index in [2.05, 4.69) is 43.0 Å². The van der Waals surface area contributed by atoms with Gasteiger partial charge in [-0.3, -0.25) is 14.3 Å². The summed E-state index contributed by atoms with van der Waals surface area (Å²) in [7, 11) is 1.91. The van der Waals surface area contributed by atoms with Crippen molar-refractivity contribution in [2.75, 3.05) is 0 Å². The molecule has 0 aliphatic heterocycles. The molecule has 0 saturated heterocycles. The summed E-state index contributed by atoms with van der Waals surface area (Å²) in [4.78, 5) is 8.98. The predicted octanol–water partition coefficient (Wildman–Crippen LogP) is 5.35. The zero-order valence-electron chi connectivity index (χ0n) is 23.1. The molecule has 9 nitrogen and oxygen atoms in total. The Morgan fingerprint density at radius 3 is 2.56 bits per heavy atom. The largest absolute Gasteiger partial charge is 0.386 e. The van der Waals surface area contributed by atoms with E-state index in [0.717, 1.165) is 61.5 Å². The van der Waals surface area contributed by atoms with Gasteiger partial charge in [0.1, 0.15) is 0 Å². The van der Waals surface area contributed by atoms with Crippen molar-refractivity contribution in [3.8, 4) is 16.9 Å². The predicted molar refractivity (Wildman–Crippen MR) is 152 cm³/mol. The van der Waals surface area contributed by atoms with E-state index >= 15 is 0 Å². The fourth-order valence-electron chi connectivity index (χ4n) is 5.45. The summed E-state index contributed by atoms with van der Waals surface area (Å²) in [5.41, 5.74) is 9.34. The first-order chi connectivity index (χ1) is 18.7. The summed E-state index contributed by atoms with van der Waals surface area (Å²) in [5.74, 6) is 0.256. The van der Waals surface area contributed by atoms with Gasteiger partial charge >= 0.3 is 0 Å². The molecule has 1 N–H and O–H groups in total. The number of aryl methyl sites for hydroxylation is 3. The molecule has 9 heteroatoms. The number of benzene rings is 1. The van der Waals surface area contributed by atoms with Crippen LogP contribution in [0.25, 0.3) is 38.9 Å². The van der Waals surface area contributed by atoms with E-state index in [1.807, 2.05) is 66.9 Å². The normalized spacial score (nSPS) is 12.7. The lowest BCUT2D eigenvalue weighted by Gasteiger charge is -2.11. The van der Waals surface area contributed by atoms with E-state index < -0.39 is 6.10 Å². The quantitative estimate of drug-likeness (QED) is 0.318. The average molecular weight is 521 g/mol. The van der Waals surface area contributed by atoms with Crippen molar-refractivity contribution in [2.24, 2.45) is 7.05 Å². The van der Waals surface area contributed by atoms with Crippen molar-refractivity contribution in [3.05, 3.63) is 83.2 Å². The Morgan fingerprint density at radius 2 is 1.79 bits per heavy atom. The Bertz CT molecular complexity index is 1840. The molecule has 6 aromatic rings. The number of hydrogen-bond donors (Lipinski definition) is 1. The van der Waals surface area contributed by atoms with Crippen LogP contribution in [0, 0.1) is 20.8 Å². The maximum absolute atomic E-state index is 10.9. The van der Waals surface area contributed by atoms with Gasteiger partial charge in [0.2, 0.25) is 0 Å². The van der Waals surface area contributed by atoms with Crippen LogP contribution < -0.4 is 0 Å². The maximum atomic E-state index is 10.9. The van der Waals surface area contributed by atoms with E-state index in [1.54, 1.807) is 10.9 Å². The van der Waals surface area contributed by atoms with Crippen molar-refractivity contribution in [3.63, 3.8) is 0 Å². The van der Waals surface area contributed by atoms with Crippen LogP contribution in [-0.2, 0) is 13.6 Å². The van der Waals surface area contributed by atoms with E-state index in [1.165, 1.54) is 5.56 Å². The summed E-state index contributed by atoms with van der Waals surface area (Å²) in [5, 5.41) is 27.3. The number of pyridine rings is 2. The van der Waals surface area contributed by atoms with Gasteiger partial charge in [-0.05, 0) is 56.5 Å². The summed E-state index contributed by atoms with van der Waals surface area (Å²) in [6.45, 7) is 10.8. The second-order valence-corrected chi connectivity index (χ2v) is 10.6. The number of nitrogens with zero attached hydrogens (tertiary/aromatic N) is 8. The minimum atomic E-state index is -0.685. The molecule has 1 aromatic carbocycles. The summed E-state index contributed by atoms with van der Waals surface area (Å²) >= 11 is 0. The molecule has 39 heavy (non-hydrogen) atoms. The molecular formula is C30H32N8O. The fraction of sp³-hybridized carbons (Fsp3) is 0.300. The smallest absolute Gasteiger partial charge is 0.181 e. The highest BCUT2D eigenvalue weighted by atomic mass is 16.3. The van der Waals surface area contributed by atoms with Gasteiger partial charge in [-0.25, -0.2) is 9.67 Å². The van der Waals surface area contributed by atoms with Crippen LogP contribution in [0.4, 0.5) is 0 Å². The van der Waals surface area contributed by atoms with E-state index in [4.69, 9.17) is 15.2 Å². The lowest BCUT2D eigenvalue weighted by Crippen LogP contribution is -2.09. The Kier molecular flexibility index (Phi) is 6.03. The molecule has 0 aliphatic rings. The molecule has 5 heterocycles. The van der Waals surface area contributed by atoms with E-state index in [-0.39, 0.29) is 5.92 Å². The fourth-order valence-corrected chi connectivity index (χ4v) is 5.45. The van der Waals surface area contributed by atoms with Gasteiger partial charge in [0, 0.05) is 58.9 Å². The number of fused-ring (bicyclic) bond motifs is 2. The summed E-state index contributed by atoms with van der Waals surface area (Å²) < 4.78 is 5.61. The first kappa shape index (κ1) is 24.9. The van der Waals surface area contributed by atoms with Gasteiger partial charge in [0.05, 0.1) is 35.2 Å². The third-order valence-electron chi connectivity index (χ3n) is 7.26. The van der Waals surface area contributed by atoms with Gasteiger partial charge in [-0.2, -0.15) is 15.3 Å². The molecule has 6 rings (SSSR count). The zero-order valence-corrected chi connectivity index (χ0v) is 23.1. The van der Waals surface area contributed by atoms with Gasteiger partial charge in [-0.1, -0.05) is 26.0 Å². The summed E-state index contributed by atoms with van der Waals surface area (Å²) in [6, 6.07) is 12.0. The van der Waals surface area contributed by atoms with Crippen molar-refractivity contribution in [1.82, 2.24) is 39.3 Å². The monoisotopic (exact) mass is 520 g/mol. The van der Waals surface area contributed by atoms with Gasteiger partial charge in [0.25, 0.3) is 0 Å². The molecule has 0 radical (unpaired) electrons. The molecule has 0 aliphatic carbocycles. The Hall–Kier alpha value is -4.37. The summed E-state index contributed by atoms with van der Waals surface area (Å²) in [6.07, 6.45) is 5.02. The Balaban J connectivity index is 1.45. The zero-order chi connectivity index (χ0) is 27.4. The topological polar surface area (TPSA) is 99.5 Å². The molecule has 198 valence electrons. The van der Waals surface area contributed by atoms with Gasteiger partial charge < -0.3 is 5.11 Å². The van der Waals surface area contributed by atoms with Crippen LogP contribution in [0.2, 0.25) is 0 Å². The minimum Gasteiger partial charge on any atom is -0.386 e. The maximum Gasteiger partial charge on any atom is 0.181 e. The van der Waals surface area contributed by atoms with Crippen LogP contribution in [0.5, 0.6) is 0 Å². The molecule has 0 amide bonds. The van der Waals surface area contributed by atoms with Gasteiger partial charge in [0.15, 0.2) is 5.65 Å². The third-order valence-corrected chi connectivity index (χ3v) is 7.26. The highest BCUT2D eigenvalue weighted by molar-refractivity contribution is 5.94. The van der Waals surface area contributed by atoms with E-state index in [0.29, 0.717) is 6.54 Å². The first-order valence-electron chi connectivity index (χ1n) is 13.2. The molecular weight excluding hydrogens is 488 g/mol. The van der Waals surface area contributed by atoms with Crippen LogP contribution in [0.15, 0.2) is 55.0 Å². The molecule has 0 bridgehead atoms. The third kappa shape index (κ3) is 4.38. The highest BCUT2D eigenvalue weighted by Gasteiger charge is 2.23. The Labute approximate surface area is 226 Å². The lowest BCUT2D eigenvalue weighted by atomic mass is 9.95. The van der Waals surface area contributed by atoms with Crippen LogP contribution in [0.3, 0.4) is 0 Å². The van der Waals surface area contributed by atoms with Crippen molar-refractivity contribution < 1.29 is 5.11 Å². The molecule has 0 spiro atoms. The molecule has 0 unspecified atom stereocenters. The molecule has 0 saturated carbocycles. The first-order valence-corrected chi connectivity index (χ1v) is 13.2. The van der Waals surface area contributed by atoms with Crippen LogP contribution >= 0.6 is 0 Å². The van der Waals surface area contributed by atoms with Crippen LogP contribution in [-0.4, -0.2) is 44.4 Å². The van der Waals surface area contributed by atoms with Crippen molar-refractivity contribution in [2.45, 2.75) is 53.2 Å². The number of aliphatic hydroxyl groups is 1. The number of aliphatic hydroxyl groups excluding tert-OH is 1. The highest BCUT2D eigenvalue weighted by Crippen LogP contribution is 2.37. The number of rotatable bonds is 6. The Morgan fingerprint density at radius 1 is 0.974 bits per heavy atom. The second-order valence-electron chi connectivity index (χ2n) is 10.6. The molecule has 5 aromatic heterocycles. The number of aromatic nitrogens is 8. The van der Waals surface area contributed by atoms with Crippen molar-refractivity contribution in [1.29, 1.82) is 0 Å². The SMILES string of the molecule is Cc1cc([C@@H](O)Cn2cc3c(-c4nn(-c5cc6cn(C)nc6nc5C)c(C)c4C(C)C)cccc3n2)ccn1. The number of hydrogen-bond acceptors (Lipinski definition) is 6.